The Hall–Kier alpha value is -1.33. The third-order valence-corrected chi connectivity index (χ3v) is 3.15. The summed E-state index contributed by atoms with van der Waals surface area (Å²) in [5.74, 6) is -0.271. The smallest absolute Gasteiger partial charge is 0.231 e. The maximum absolute atomic E-state index is 11.1. The minimum Gasteiger partial charge on any atom is -0.472 e. The van der Waals surface area contributed by atoms with Gasteiger partial charge in [0.25, 0.3) is 0 Å². The van der Waals surface area contributed by atoms with Gasteiger partial charge in [-0.3, -0.25) is 9.69 Å². The number of nitrogens with one attached hydrogen (secondary N) is 1. The molecule has 0 atom stereocenters. The van der Waals surface area contributed by atoms with Crippen LogP contribution >= 0.6 is 0 Å². The number of nitrogens with two attached hydrogens (primary N) is 1. The third-order valence-electron chi connectivity index (χ3n) is 3.15. The summed E-state index contributed by atoms with van der Waals surface area (Å²) in [4.78, 5) is 13.3. The average molecular weight is 237 g/mol. The Bertz CT molecular complexity index is 345. The first-order chi connectivity index (χ1) is 8.25. The van der Waals surface area contributed by atoms with Crippen LogP contribution < -0.4 is 11.1 Å². The Balaban J connectivity index is 1.98. The molecule has 94 valence electrons. The van der Waals surface area contributed by atoms with Crippen LogP contribution in [-0.2, 0) is 11.3 Å². The van der Waals surface area contributed by atoms with Crippen LogP contribution in [0.4, 0.5) is 0 Å². The first-order valence-electron chi connectivity index (χ1n) is 6.00. The second-order valence-corrected chi connectivity index (χ2v) is 4.48. The maximum atomic E-state index is 11.1. The van der Waals surface area contributed by atoms with Gasteiger partial charge in [0, 0.05) is 18.2 Å². The number of furan rings is 1. The number of amides is 1. The van der Waals surface area contributed by atoms with E-state index in [0.29, 0.717) is 12.6 Å². The zero-order valence-electron chi connectivity index (χ0n) is 9.89. The summed E-state index contributed by atoms with van der Waals surface area (Å²) in [5, 5.41) is 3.32. The molecule has 0 unspecified atom stereocenters. The van der Waals surface area contributed by atoms with Gasteiger partial charge in [0.2, 0.25) is 5.91 Å². The van der Waals surface area contributed by atoms with E-state index in [9.17, 15) is 4.79 Å². The van der Waals surface area contributed by atoms with Crippen LogP contribution in [0.3, 0.4) is 0 Å². The predicted molar refractivity (Wildman–Crippen MR) is 64.2 cm³/mol. The minimum absolute atomic E-state index is 0.271. The van der Waals surface area contributed by atoms with Crippen molar-refractivity contribution in [2.75, 3.05) is 19.6 Å². The van der Waals surface area contributed by atoms with Gasteiger partial charge in [0.05, 0.1) is 19.1 Å². The second kappa shape index (κ2) is 5.84. The van der Waals surface area contributed by atoms with Crippen LogP contribution in [0.25, 0.3) is 0 Å². The molecule has 5 heteroatoms. The Morgan fingerprint density at radius 2 is 2.29 bits per heavy atom. The summed E-state index contributed by atoms with van der Waals surface area (Å²) in [6.07, 6.45) is 5.49. The van der Waals surface area contributed by atoms with Gasteiger partial charge in [0.1, 0.15) is 0 Å². The largest absolute Gasteiger partial charge is 0.472 e. The van der Waals surface area contributed by atoms with Crippen LogP contribution in [0.1, 0.15) is 18.4 Å². The lowest BCUT2D eigenvalue weighted by molar-refractivity contribution is -0.120. The molecule has 1 aliphatic rings. The second-order valence-electron chi connectivity index (χ2n) is 4.48. The van der Waals surface area contributed by atoms with Gasteiger partial charge in [-0.15, -0.1) is 0 Å². The molecule has 1 amide bonds. The SMILES string of the molecule is NC(=O)CN(Cc1ccoc1)C1CCNCC1. The van der Waals surface area contributed by atoms with E-state index in [1.807, 2.05) is 6.07 Å². The molecule has 1 fully saturated rings. The molecular formula is C12H19N3O2. The highest BCUT2D eigenvalue weighted by atomic mass is 16.3. The summed E-state index contributed by atoms with van der Waals surface area (Å²) >= 11 is 0. The topological polar surface area (TPSA) is 71.5 Å². The van der Waals surface area contributed by atoms with Crippen LogP contribution in [0, 0.1) is 0 Å². The van der Waals surface area contributed by atoms with E-state index < -0.39 is 0 Å². The first kappa shape index (κ1) is 12.1. The van der Waals surface area contributed by atoms with Crippen molar-refractivity contribution in [2.45, 2.75) is 25.4 Å². The number of hydrogen-bond acceptors (Lipinski definition) is 4. The highest BCUT2D eigenvalue weighted by Crippen LogP contribution is 2.15. The molecule has 0 saturated carbocycles. The molecule has 0 spiro atoms. The Kier molecular flexibility index (Phi) is 4.17. The molecule has 2 heterocycles. The number of primary amides is 1. The zero-order chi connectivity index (χ0) is 12.1. The van der Waals surface area contributed by atoms with E-state index in [1.165, 1.54) is 0 Å². The highest BCUT2D eigenvalue weighted by Gasteiger charge is 2.22. The van der Waals surface area contributed by atoms with Crippen molar-refractivity contribution in [3.63, 3.8) is 0 Å². The van der Waals surface area contributed by atoms with E-state index in [-0.39, 0.29) is 5.91 Å². The molecule has 0 bridgehead atoms. The van der Waals surface area contributed by atoms with Gasteiger partial charge in [-0.1, -0.05) is 0 Å². The number of nitrogens with zero attached hydrogens (tertiary/aromatic N) is 1. The molecule has 2 rings (SSSR count). The highest BCUT2D eigenvalue weighted by molar-refractivity contribution is 5.75. The lowest BCUT2D eigenvalue weighted by Crippen LogP contribution is -2.46. The van der Waals surface area contributed by atoms with Crippen molar-refractivity contribution in [2.24, 2.45) is 5.73 Å². The average Bonchev–Trinajstić information content (AvgIpc) is 2.82. The zero-order valence-corrected chi connectivity index (χ0v) is 9.89. The summed E-state index contributed by atoms with van der Waals surface area (Å²) in [6.45, 7) is 3.05. The number of hydrogen-bond donors (Lipinski definition) is 2. The Morgan fingerprint density at radius 1 is 1.53 bits per heavy atom. The molecule has 1 saturated heterocycles. The fourth-order valence-electron chi connectivity index (χ4n) is 2.30. The standard InChI is InChI=1S/C12H19N3O2/c13-12(16)8-15(7-10-3-6-17-9-10)11-1-4-14-5-2-11/h3,6,9,11,14H,1-2,4-5,7-8H2,(H2,13,16). The number of carbonyl (C=O) groups is 1. The van der Waals surface area contributed by atoms with Gasteiger partial charge >= 0.3 is 0 Å². The quantitative estimate of drug-likeness (QED) is 0.773. The molecule has 0 radical (unpaired) electrons. The normalized spacial score (nSPS) is 17.5. The van der Waals surface area contributed by atoms with Crippen molar-refractivity contribution in [3.8, 4) is 0 Å². The van der Waals surface area contributed by atoms with E-state index >= 15 is 0 Å². The fourth-order valence-corrected chi connectivity index (χ4v) is 2.30. The molecule has 5 nitrogen and oxygen atoms in total. The van der Waals surface area contributed by atoms with Gasteiger partial charge in [-0.25, -0.2) is 0 Å². The molecule has 1 aliphatic heterocycles. The van der Waals surface area contributed by atoms with Crippen molar-refractivity contribution >= 4 is 5.91 Å². The van der Waals surface area contributed by atoms with Crippen LogP contribution in [0.2, 0.25) is 0 Å². The van der Waals surface area contributed by atoms with Crippen molar-refractivity contribution in [3.05, 3.63) is 24.2 Å². The number of piperidine rings is 1. The van der Waals surface area contributed by atoms with Crippen molar-refractivity contribution in [1.29, 1.82) is 0 Å². The van der Waals surface area contributed by atoms with Crippen LogP contribution in [0.15, 0.2) is 23.0 Å². The van der Waals surface area contributed by atoms with Gasteiger partial charge in [0.15, 0.2) is 0 Å². The van der Waals surface area contributed by atoms with E-state index in [2.05, 4.69) is 10.2 Å². The van der Waals surface area contributed by atoms with E-state index in [1.54, 1.807) is 12.5 Å². The van der Waals surface area contributed by atoms with Gasteiger partial charge in [-0.2, -0.15) is 0 Å². The lowest BCUT2D eigenvalue weighted by Gasteiger charge is -2.33. The molecule has 0 aromatic carbocycles. The van der Waals surface area contributed by atoms with Crippen molar-refractivity contribution < 1.29 is 9.21 Å². The predicted octanol–water partition coefficient (Wildman–Crippen LogP) is 0.319. The van der Waals surface area contributed by atoms with Crippen LogP contribution in [0.5, 0.6) is 0 Å². The van der Waals surface area contributed by atoms with E-state index in [4.69, 9.17) is 10.2 Å². The first-order valence-corrected chi connectivity index (χ1v) is 6.00. The summed E-state index contributed by atoms with van der Waals surface area (Å²) in [6, 6.07) is 2.35. The lowest BCUT2D eigenvalue weighted by atomic mass is 10.0. The van der Waals surface area contributed by atoms with Gasteiger partial charge in [-0.05, 0) is 32.0 Å². The monoisotopic (exact) mass is 237 g/mol. The fraction of sp³-hybridized carbons (Fsp3) is 0.583. The summed E-state index contributed by atoms with van der Waals surface area (Å²) in [7, 11) is 0. The molecule has 1 aromatic heterocycles. The third kappa shape index (κ3) is 3.57. The maximum Gasteiger partial charge on any atom is 0.231 e. The number of carbonyl (C=O) groups excluding carboxylic acids is 1. The van der Waals surface area contributed by atoms with Gasteiger partial charge < -0.3 is 15.5 Å². The van der Waals surface area contributed by atoms with Crippen LogP contribution in [-0.4, -0.2) is 36.5 Å². The molecule has 3 N–H and O–H groups in total. The number of rotatable bonds is 5. The molecular weight excluding hydrogens is 218 g/mol. The summed E-state index contributed by atoms with van der Waals surface area (Å²) < 4.78 is 5.05. The van der Waals surface area contributed by atoms with Crippen molar-refractivity contribution in [1.82, 2.24) is 10.2 Å². The molecule has 17 heavy (non-hydrogen) atoms. The Labute approximate surface area is 101 Å². The molecule has 1 aromatic rings. The van der Waals surface area contributed by atoms with E-state index in [0.717, 1.165) is 38.0 Å². The Morgan fingerprint density at radius 3 is 2.88 bits per heavy atom. The minimum atomic E-state index is -0.271. The molecule has 0 aliphatic carbocycles. The summed E-state index contributed by atoms with van der Waals surface area (Å²) in [5.41, 5.74) is 6.40.